The van der Waals surface area contributed by atoms with Crippen molar-refractivity contribution in [3.05, 3.63) is 45.8 Å². The highest BCUT2D eigenvalue weighted by molar-refractivity contribution is 5.59. The molecule has 2 rings (SSSR count). The zero-order chi connectivity index (χ0) is 13.8. The quantitative estimate of drug-likeness (QED) is 0.661. The number of nitrogens with zero attached hydrogens (tertiary/aromatic N) is 2. The van der Waals surface area contributed by atoms with E-state index in [1.54, 1.807) is 13.2 Å². The lowest BCUT2D eigenvalue weighted by Gasteiger charge is -1.99. The van der Waals surface area contributed by atoms with Gasteiger partial charge < -0.3 is 9.73 Å². The van der Waals surface area contributed by atoms with E-state index in [-0.39, 0.29) is 5.69 Å². The Hall–Kier alpha value is -2.21. The van der Waals surface area contributed by atoms with Crippen molar-refractivity contribution in [2.45, 2.75) is 20.4 Å². The van der Waals surface area contributed by atoms with Crippen LogP contribution >= 0.6 is 0 Å². The molecule has 0 aliphatic heterocycles. The Morgan fingerprint density at radius 3 is 2.89 bits per heavy atom. The van der Waals surface area contributed by atoms with Gasteiger partial charge in [0.05, 0.1) is 10.6 Å². The maximum atomic E-state index is 10.8. The minimum Gasteiger partial charge on any atom is -0.444 e. The van der Waals surface area contributed by atoms with E-state index in [4.69, 9.17) is 4.42 Å². The number of benzene rings is 1. The van der Waals surface area contributed by atoms with Crippen LogP contribution in [0.2, 0.25) is 0 Å². The summed E-state index contributed by atoms with van der Waals surface area (Å²) in [6.45, 7) is 5.27. The van der Waals surface area contributed by atoms with Gasteiger partial charge in [-0.25, -0.2) is 4.98 Å². The lowest BCUT2D eigenvalue weighted by atomic mass is 10.1. The number of nitro groups is 1. The van der Waals surface area contributed by atoms with Gasteiger partial charge in [-0.2, -0.15) is 0 Å². The number of hydrogen-bond acceptors (Lipinski definition) is 5. The van der Waals surface area contributed by atoms with Crippen LogP contribution in [0.3, 0.4) is 0 Å². The van der Waals surface area contributed by atoms with Crippen molar-refractivity contribution >= 4 is 5.69 Å². The highest BCUT2D eigenvalue weighted by Gasteiger charge is 2.13. The second-order valence-electron chi connectivity index (χ2n) is 4.24. The van der Waals surface area contributed by atoms with Gasteiger partial charge >= 0.3 is 0 Å². The van der Waals surface area contributed by atoms with Crippen LogP contribution in [0.5, 0.6) is 0 Å². The first kappa shape index (κ1) is 13.2. The average Bonchev–Trinajstić information content (AvgIpc) is 2.84. The Morgan fingerprint density at radius 2 is 2.21 bits per heavy atom. The lowest BCUT2D eigenvalue weighted by molar-refractivity contribution is -0.384. The Labute approximate surface area is 110 Å². The van der Waals surface area contributed by atoms with Gasteiger partial charge in [-0.1, -0.05) is 6.92 Å². The fourth-order valence-corrected chi connectivity index (χ4v) is 1.77. The molecule has 0 atom stereocenters. The van der Waals surface area contributed by atoms with Crippen molar-refractivity contribution in [2.75, 3.05) is 6.54 Å². The molecule has 0 unspecified atom stereocenters. The maximum Gasteiger partial charge on any atom is 0.270 e. The number of non-ortho nitro benzene ring substituents is 1. The highest BCUT2D eigenvalue weighted by atomic mass is 16.6. The second-order valence-corrected chi connectivity index (χ2v) is 4.24. The van der Waals surface area contributed by atoms with Crippen LogP contribution in [-0.2, 0) is 6.54 Å². The van der Waals surface area contributed by atoms with E-state index in [1.807, 2.05) is 13.0 Å². The molecule has 0 bridgehead atoms. The van der Waals surface area contributed by atoms with Gasteiger partial charge in [0.1, 0.15) is 6.26 Å². The van der Waals surface area contributed by atoms with Crippen molar-refractivity contribution in [1.82, 2.24) is 10.3 Å². The van der Waals surface area contributed by atoms with Gasteiger partial charge in [0, 0.05) is 24.2 Å². The fourth-order valence-electron chi connectivity index (χ4n) is 1.77. The lowest BCUT2D eigenvalue weighted by Crippen LogP contribution is -2.11. The molecule has 19 heavy (non-hydrogen) atoms. The number of rotatable bonds is 5. The molecular formula is C13H15N3O3. The molecule has 2 aromatic rings. The third kappa shape index (κ3) is 3.17. The van der Waals surface area contributed by atoms with Crippen molar-refractivity contribution in [1.29, 1.82) is 0 Å². The Balaban J connectivity index is 2.30. The zero-order valence-electron chi connectivity index (χ0n) is 10.8. The van der Waals surface area contributed by atoms with E-state index < -0.39 is 4.92 Å². The van der Waals surface area contributed by atoms with E-state index in [1.165, 1.54) is 12.1 Å². The number of nitrogens with one attached hydrogen (secondary N) is 1. The molecule has 1 heterocycles. The monoisotopic (exact) mass is 261 g/mol. The van der Waals surface area contributed by atoms with Gasteiger partial charge in [-0.3, -0.25) is 10.1 Å². The van der Waals surface area contributed by atoms with Gasteiger partial charge in [-0.15, -0.1) is 0 Å². The summed E-state index contributed by atoms with van der Waals surface area (Å²) in [6.07, 6.45) is 1.56. The zero-order valence-corrected chi connectivity index (χ0v) is 10.8. The summed E-state index contributed by atoms with van der Waals surface area (Å²) < 4.78 is 5.36. The minimum absolute atomic E-state index is 0.0430. The molecule has 0 amide bonds. The summed E-state index contributed by atoms with van der Waals surface area (Å²) in [6, 6.07) is 4.80. The fraction of sp³-hybridized carbons (Fsp3) is 0.308. The topological polar surface area (TPSA) is 81.2 Å². The van der Waals surface area contributed by atoms with Crippen LogP contribution in [0.15, 0.2) is 28.9 Å². The third-order valence-electron chi connectivity index (χ3n) is 2.63. The standard InChI is InChI=1S/C13H15N3O3/c1-3-14-7-11-8-19-13(15-11)10-4-9(2)5-12(6-10)16(17)18/h4-6,8,14H,3,7H2,1-2H3. The van der Waals surface area contributed by atoms with Crippen LogP contribution < -0.4 is 5.32 Å². The first-order valence-electron chi connectivity index (χ1n) is 6.01. The van der Waals surface area contributed by atoms with Gasteiger partial charge in [0.2, 0.25) is 5.89 Å². The van der Waals surface area contributed by atoms with Gasteiger partial charge in [0.15, 0.2) is 0 Å². The van der Waals surface area contributed by atoms with Crippen LogP contribution in [0.4, 0.5) is 5.69 Å². The molecule has 0 saturated carbocycles. The predicted octanol–water partition coefficient (Wildman–Crippen LogP) is 2.67. The molecule has 0 saturated heterocycles. The van der Waals surface area contributed by atoms with E-state index >= 15 is 0 Å². The van der Waals surface area contributed by atoms with E-state index in [9.17, 15) is 10.1 Å². The third-order valence-corrected chi connectivity index (χ3v) is 2.63. The Kier molecular flexibility index (Phi) is 3.91. The van der Waals surface area contributed by atoms with E-state index in [0.29, 0.717) is 18.0 Å². The summed E-state index contributed by atoms with van der Waals surface area (Å²) in [5.74, 6) is 0.403. The maximum absolute atomic E-state index is 10.8. The molecule has 0 spiro atoms. The largest absolute Gasteiger partial charge is 0.444 e. The number of hydrogen-bond donors (Lipinski definition) is 1. The Morgan fingerprint density at radius 1 is 1.42 bits per heavy atom. The molecule has 0 fully saturated rings. The Bertz CT molecular complexity index is 593. The summed E-state index contributed by atoms with van der Waals surface area (Å²) >= 11 is 0. The van der Waals surface area contributed by atoms with Crippen molar-refractivity contribution in [2.24, 2.45) is 0 Å². The minimum atomic E-state index is -0.418. The summed E-state index contributed by atoms with van der Waals surface area (Å²) in [7, 11) is 0. The molecule has 0 aliphatic carbocycles. The summed E-state index contributed by atoms with van der Waals surface area (Å²) in [5, 5.41) is 14.0. The van der Waals surface area contributed by atoms with Gasteiger partial charge in [-0.05, 0) is 25.1 Å². The normalized spacial score (nSPS) is 10.6. The average molecular weight is 261 g/mol. The van der Waals surface area contributed by atoms with E-state index in [0.717, 1.165) is 17.8 Å². The van der Waals surface area contributed by atoms with Gasteiger partial charge in [0.25, 0.3) is 5.69 Å². The summed E-state index contributed by atoms with van der Waals surface area (Å²) in [4.78, 5) is 14.7. The molecule has 6 heteroatoms. The van der Waals surface area contributed by atoms with Crippen molar-refractivity contribution < 1.29 is 9.34 Å². The molecule has 100 valence electrons. The smallest absolute Gasteiger partial charge is 0.270 e. The SMILES string of the molecule is CCNCc1coc(-c2cc(C)cc([N+](=O)[O-])c2)n1. The molecule has 1 N–H and O–H groups in total. The molecule has 1 aromatic heterocycles. The molecule has 6 nitrogen and oxygen atoms in total. The predicted molar refractivity (Wildman–Crippen MR) is 70.7 cm³/mol. The van der Waals surface area contributed by atoms with Crippen molar-refractivity contribution in [3.8, 4) is 11.5 Å². The number of oxazole rings is 1. The van der Waals surface area contributed by atoms with Crippen molar-refractivity contribution in [3.63, 3.8) is 0 Å². The molecule has 0 radical (unpaired) electrons. The van der Waals surface area contributed by atoms with Crippen LogP contribution in [0.25, 0.3) is 11.5 Å². The number of aromatic nitrogens is 1. The molecular weight excluding hydrogens is 246 g/mol. The first-order valence-corrected chi connectivity index (χ1v) is 6.01. The van der Waals surface area contributed by atoms with E-state index in [2.05, 4.69) is 10.3 Å². The number of nitro benzene ring substituents is 1. The molecule has 1 aromatic carbocycles. The highest BCUT2D eigenvalue weighted by Crippen LogP contribution is 2.25. The van der Waals surface area contributed by atoms with Crippen LogP contribution in [0, 0.1) is 17.0 Å². The van der Waals surface area contributed by atoms with Crippen LogP contribution in [-0.4, -0.2) is 16.5 Å². The van der Waals surface area contributed by atoms with Crippen LogP contribution in [0.1, 0.15) is 18.2 Å². The first-order chi connectivity index (χ1) is 9.10. The second kappa shape index (κ2) is 5.62. The number of aryl methyl sites for hydroxylation is 1. The molecule has 0 aliphatic rings. The summed E-state index contributed by atoms with van der Waals surface area (Å²) in [5.41, 5.74) is 2.24.